The molecule has 25 heavy (non-hydrogen) atoms. The van der Waals surface area contributed by atoms with E-state index in [4.69, 9.17) is 9.73 Å². The van der Waals surface area contributed by atoms with Gasteiger partial charge in [0.1, 0.15) is 6.61 Å². The molecule has 1 aliphatic carbocycles. The minimum Gasteiger partial charge on any atom is -0.475 e. The molecule has 1 aliphatic heterocycles. The molecule has 1 aromatic carbocycles. The predicted octanol–water partition coefficient (Wildman–Crippen LogP) is 6.12. The number of nitrogens with zero attached hydrogens (tertiary/aromatic N) is 1. The molecule has 0 saturated heterocycles. The van der Waals surface area contributed by atoms with E-state index in [0.29, 0.717) is 12.0 Å². The fourth-order valence-corrected chi connectivity index (χ4v) is 4.07. The first-order valence-electron chi connectivity index (χ1n) is 10.1. The molecular weight excluding hydrogens is 306 g/mol. The first-order valence-corrected chi connectivity index (χ1v) is 10.1. The summed E-state index contributed by atoms with van der Waals surface area (Å²) in [6.07, 6.45) is 12.5. The van der Waals surface area contributed by atoms with Gasteiger partial charge in [-0.05, 0) is 80.9 Å². The van der Waals surface area contributed by atoms with Crippen LogP contribution in [-0.4, -0.2) is 18.5 Å². The monoisotopic (exact) mass is 339 g/mol. The molecule has 2 aliphatic rings. The zero-order chi connectivity index (χ0) is 17.6. The fraction of sp³-hybridized carbons (Fsp3) is 0.609. The highest BCUT2D eigenvalue weighted by molar-refractivity contribution is 5.95. The number of benzene rings is 1. The first kappa shape index (κ1) is 18.2. The molecule has 1 atom stereocenters. The van der Waals surface area contributed by atoms with Crippen LogP contribution in [0.2, 0.25) is 0 Å². The number of hydrogen-bond acceptors (Lipinski definition) is 2. The smallest absolute Gasteiger partial charge is 0.216 e. The highest BCUT2D eigenvalue weighted by Gasteiger charge is 2.24. The number of aliphatic imine (C=N–C) groups is 1. The number of ether oxygens (including phenoxy) is 1. The van der Waals surface area contributed by atoms with Crippen molar-refractivity contribution < 1.29 is 4.74 Å². The van der Waals surface area contributed by atoms with E-state index in [-0.39, 0.29) is 0 Å². The van der Waals surface area contributed by atoms with Crippen LogP contribution in [0.4, 0.5) is 0 Å². The number of rotatable bonds is 6. The Morgan fingerprint density at radius 1 is 1.12 bits per heavy atom. The quantitative estimate of drug-likeness (QED) is 0.572. The highest BCUT2D eigenvalue weighted by atomic mass is 16.5. The van der Waals surface area contributed by atoms with Gasteiger partial charge in [-0.1, -0.05) is 38.1 Å². The largest absolute Gasteiger partial charge is 0.475 e. The van der Waals surface area contributed by atoms with Crippen LogP contribution in [0.1, 0.15) is 76.3 Å². The molecule has 2 heteroatoms. The Balaban J connectivity index is 1.54. The molecule has 0 aromatic heterocycles. The van der Waals surface area contributed by atoms with Crippen molar-refractivity contribution in [3.63, 3.8) is 0 Å². The standard InChI is InChI=1S/C23H33NO/c1-4-5-6-7-18-8-10-19(11-9-18)20-12-14-21(15-13-20)23-24-22(16-25-23)17(2)3/h4-5,12-15,17-19,22H,6-11,16H2,1-3H3. The second-order valence-electron chi connectivity index (χ2n) is 8.04. The normalized spacial score (nSPS) is 26.9. The van der Waals surface area contributed by atoms with Gasteiger partial charge < -0.3 is 4.74 Å². The van der Waals surface area contributed by atoms with E-state index in [1.807, 2.05) is 0 Å². The maximum Gasteiger partial charge on any atom is 0.216 e. The molecule has 3 rings (SSSR count). The van der Waals surface area contributed by atoms with Crippen molar-refractivity contribution in [3.05, 3.63) is 47.5 Å². The van der Waals surface area contributed by atoms with Gasteiger partial charge in [0, 0.05) is 5.56 Å². The lowest BCUT2D eigenvalue weighted by Crippen LogP contribution is -2.13. The lowest BCUT2D eigenvalue weighted by Gasteiger charge is -2.28. The zero-order valence-corrected chi connectivity index (χ0v) is 16.1. The Hall–Kier alpha value is -1.57. The lowest BCUT2D eigenvalue weighted by molar-refractivity contribution is 0.292. The zero-order valence-electron chi connectivity index (χ0n) is 16.1. The Labute approximate surface area is 153 Å². The van der Waals surface area contributed by atoms with Crippen LogP contribution in [0, 0.1) is 11.8 Å². The summed E-state index contributed by atoms with van der Waals surface area (Å²) in [4.78, 5) is 4.73. The van der Waals surface area contributed by atoms with Gasteiger partial charge in [0.25, 0.3) is 0 Å². The average molecular weight is 340 g/mol. The predicted molar refractivity (Wildman–Crippen MR) is 106 cm³/mol. The average Bonchev–Trinajstić information content (AvgIpc) is 3.13. The topological polar surface area (TPSA) is 21.6 Å². The van der Waals surface area contributed by atoms with Crippen LogP contribution in [0.25, 0.3) is 0 Å². The SMILES string of the molecule is CC=CCCC1CCC(c2ccc(C3=NC(C(C)C)CO3)cc2)CC1. The van der Waals surface area contributed by atoms with Gasteiger partial charge in [-0.3, -0.25) is 0 Å². The second kappa shape index (κ2) is 8.69. The molecule has 0 amide bonds. The van der Waals surface area contributed by atoms with E-state index >= 15 is 0 Å². The molecule has 0 N–H and O–H groups in total. The van der Waals surface area contributed by atoms with Gasteiger partial charge in [-0.2, -0.15) is 0 Å². The van der Waals surface area contributed by atoms with E-state index in [2.05, 4.69) is 57.2 Å². The summed E-state index contributed by atoms with van der Waals surface area (Å²) in [7, 11) is 0. The summed E-state index contributed by atoms with van der Waals surface area (Å²) >= 11 is 0. The van der Waals surface area contributed by atoms with E-state index in [1.165, 1.54) is 44.1 Å². The molecule has 2 nitrogen and oxygen atoms in total. The van der Waals surface area contributed by atoms with Crippen LogP contribution in [0.5, 0.6) is 0 Å². The van der Waals surface area contributed by atoms with Crippen LogP contribution in [-0.2, 0) is 4.74 Å². The van der Waals surface area contributed by atoms with Crippen LogP contribution >= 0.6 is 0 Å². The van der Waals surface area contributed by atoms with Crippen molar-refractivity contribution in [2.24, 2.45) is 16.8 Å². The third kappa shape index (κ3) is 4.74. The van der Waals surface area contributed by atoms with Gasteiger partial charge in [0.15, 0.2) is 0 Å². The Bertz CT molecular complexity index is 591. The van der Waals surface area contributed by atoms with Gasteiger partial charge >= 0.3 is 0 Å². The Morgan fingerprint density at radius 2 is 1.84 bits per heavy atom. The number of hydrogen-bond donors (Lipinski definition) is 0. The van der Waals surface area contributed by atoms with Crippen molar-refractivity contribution >= 4 is 5.90 Å². The van der Waals surface area contributed by atoms with E-state index in [9.17, 15) is 0 Å². The molecule has 1 aromatic rings. The third-order valence-corrected chi connectivity index (χ3v) is 5.90. The van der Waals surface area contributed by atoms with Gasteiger partial charge in [-0.15, -0.1) is 0 Å². The van der Waals surface area contributed by atoms with Crippen molar-refractivity contribution in [2.45, 2.75) is 71.3 Å². The maximum absolute atomic E-state index is 5.80. The molecule has 0 spiro atoms. The van der Waals surface area contributed by atoms with E-state index in [1.54, 1.807) is 0 Å². The third-order valence-electron chi connectivity index (χ3n) is 5.90. The molecule has 0 bridgehead atoms. The van der Waals surface area contributed by atoms with Gasteiger partial charge in [0.2, 0.25) is 5.90 Å². The van der Waals surface area contributed by atoms with Gasteiger partial charge in [-0.25, -0.2) is 4.99 Å². The molecule has 1 heterocycles. The molecular formula is C23H33NO. The highest BCUT2D eigenvalue weighted by Crippen LogP contribution is 2.37. The fourth-order valence-electron chi connectivity index (χ4n) is 4.07. The van der Waals surface area contributed by atoms with Crippen molar-refractivity contribution in [1.82, 2.24) is 0 Å². The summed E-state index contributed by atoms with van der Waals surface area (Å²) in [6, 6.07) is 9.32. The maximum atomic E-state index is 5.80. The summed E-state index contributed by atoms with van der Waals surface area (Å²) in [5.74, 6) is 3.04. The molecule has 1 unspecified atom stereocenters. The Morgan fingerprint density at radius 3 is 2.44 bits per heavy atom. The van der Waals surface area contributed by atoms with Crippen LogP contribution in [0.3, 0.4) is 0 Å². The van der Waals surface area contributed by atoms with Crippen LogP contribution < -0.4 is 0 Å². The molecule has 1 fully saturated rings. The summed E-state index contributed by atoms with van der Waals surface area (Å²) in [5.41, 5.74) is 2.63. The molecule has 1 saturated carbocycles. The second-order valence-corrected chi connectivity index (χ2v) is 8.04. The minimum absolute atomic E-state index is 0.313. The molecule has 136 valence electrons. The minimum atomic E-state index is 0.313. The summed E-state index contributed by atoms with van der Waals surface area (Å²) in [5, 5.41) is 0. The molecule has 0 radical (unpaired) electrons. The van der Waals surface area contributed by atoms with E-state index in [0.717, 1.165) is 29.9 Å². The van der Waals surface area contributed by atoms with Crippen molar-refractivity contribution in [2.75, 3.05) is 6.61 Å². The first-order chi connectivity index (χ1) is 12.2. The van der Waals surface area contributed by atoms with Crippen molar-refractivity contribution in [1.29, 1.82) is 0 Å². The summed E-state index contributed by atoms with van der Waals surface area (Å²) < 4.78 is 5.80. The van der Waals surface area contributed by atoms with E-state index < -0.39 is 0 Å². The lowest BCUT2D eigenvalue weighted by atomic mass is 9.77. The summed E-state index contributed by atoms with van der Waals surface area (Å²) in [6.45, 7) is 7.26. The van der Waals surface area contributed by atoms with Crippen LogP contribution in [0.15, 0.2) is 41.4 Å². The van der Waals surface area contributed by atoms with Crippen molar-refractivity contribution in [3.8, 4) is 0 Å². The van der Waals surface area contributed by atoms with Gasteiger partial charge in [0.05, 0.1) is 6.04 Å². The Kier molecular flexibility index (Phi) is 6.34. The number of allylic oxidation sites excluding steroid dienone is 2.